The second kappa shape index (κ2) is 7.65. The van der Waals surface area contributed by atoms with Crippen LogP contribution in [0.5, 0.6) is 0 Å². The van der Waals surface area contributed by atoms with Crippen molar-refractivity contribution < 1.29 is 9.90 Å². The fourth-order valence-electron chi connectivity index (χ4n) is 1.30. The molecule has 0 saturated heterocycles. The Balaban J connectivity index is 3.98. The molecule has 2 atom stereocenters. The molecule has 0 heterocycles. The fraction of sp³-hybridized carbons (Fsp3) is 0.909. The molecule has 90 valence electrons. The first-order valence-electron chi connectivity index (χ1n) is 5.64. The maximum atomic E-state index is 11.7. The van der Waals surface area contributed by atoms with Gasteiger partial charge in [-0.05, 0) is 25.3 Å². The molecule has 0 spiro atoms. The minimum absolute atomic E-state index is 0.00693. The highest BCUT2D eigenvalue weighted by Gasteiger charge is 2.18. The number of hydrogen-bond donors (Lipinski definition) is 3. The molecule has 15 heavy (non-hydrogen) atoms. The summed E-state index contributed by atoms with van der Waals surface area (Å²) >= 11 is 0. The number of nitrogens with one attached hydrogen (secondary N) is 1. The van der Waals surface area contributed by atoms with E-state index in [1.165, 1.54) is 0 Å². The molecule has 4 heteroatoms. The second-order valence-electron chi connectivity index (χ2n) is 4.37. The first kappa shape index (κ1) is 14.4. The van der Waals surface area contributed by atoms with E-state index < -0.39 is 0 Å². The largest absolute Gasteiger partial charge is 0.394 e. The summed E-state index contributed by atoms with van der Waals surface area (Å²) in [6, 6.07) is -0.141. The van der Waals surface area contributed by atoms with E-state index in [2.05, 4.69) is 5.32 Å². The van der Waals surface area contributed by atoms with E-state index in [9.17, 15) is 4.79 Å². The van der Waals surface area contributed by atoms with Crippen LogP contribution in [0.1, 0.15) is 33.6 Å². The molecule has 0 aromatic heterocycles. The molecule has 2 unspecified atom stereocenters. The Morgan fingerprint density at radius 1 is 1.40 bits per heavy atom. The Hall–Kier alpha value is -0.610. The van der Waals surface area contributed by atoms with Crippen LogP contribution in [0, 0.1) is 11.8 Å². The first-order valence-corrected chi connectivity index (χ1v) is 5.64. The third-order valence-corrected chi connectivity index (χ3v) is 2.62. The Morgan fingerprint density at radius 2 is 2.00 bits per heavy atom. The minimum atomic E-state index is -0.141. The molecule has 0 aliphatic heterocycles. The van der Waals surface area contributed by atoms with Gasteiger partial charge in [0.05, 0.1) is 12.6 Å². The van der Waals surface area contributed by atoms with Crippen LogP contribution >= 0.6 is 0 Å². The summed E-state index contributed by atoms with van der Waals surface area (Å²) in [5.41, 5.74) is 5.38. The van der Waals surface area contributed by atoms with Crippen LogP contribution in [0.2, 0.25) is 0 Å². The summed E-state index contributed by atoms with van der Waals surface area (Å²) < 4.78 is 0. The van der Waals surface area contributed by atoms with E-state index in [1.807, 2.05) is 20.8 Å². The number of carbonyl (C=O) groups excluding carboxylic acids is 1. The van der Waals surface area contributed by atoms with Crippen molar-refractivity contribution >= 4 is 5.91 Å². The minimum Gasteiger partial charge on any atom is -0.394 e. The fourth-order valence-corrected chi connectivity index (χ4v) is 1.30. The Bertz CT molecular complexity index is 183. The monoisotopic (exact) mass is 216 g/mol. The van der Waals surface area contributed by atoms with Crippen LogP contribution < -0.4 is 11.1 Å². The smallest absolute Gasteiger partial charge is 0.223 e. The number of amides is 1. The molecule has 0 saturated carbocycles. The highest BCUT2D eigenvalue weighted by molar-refractivity contribution is 5.78. The van der Waals surface area contributed by atoms with Gasteiger partial charge in [0.25, 0.3) is 0 Å². The van der Waals surface area contributed by atoms with Gasteiger partial charge in [-0.3, -0.25) is 4.79 Å². The molecular weight excluding hydrogens is 192 g/mol. The van der Waals surface area contributed by atoms with Crippen molar-refractivity contribution in [3.63, 3.8) is 0 Å². The molecule has 0 aliphatic carbocycles. The van der Waals surface area contributed by atoms with Crippen molar-refractivity contribution in [1.82, 2.24) is 5.32 Å². The standard InChI is InChI=1S/C11H24N2O2/c1-8(2)10(7-14)13-11(15)9(3)5-4-6-12/h8-10,14H,4-7,12H2,1-3H3,(H,13,15). The van der Waals surface area contributed by atoms with Gasteiger partial charge in [-0.15, -0.1) is 0 Å². The summed E-state index contributed by atoms with van der Waals surface area (Å²) in [7, 11) is 0. The van der Waals surface area contributed by atoms with Crippen molar-refractivity contribution in [3.05, 3.63) is 0 Å². The lowest BCUT2D eigenvalue weighted by atomic mass is 10.0. The van der Waals surface area contributed by atoms with Crippen LogP contribution in [0.15, 0.2) is 0 Å². The lowest BCUT2D eigenvalue weighted by molar-refractivity contribution is -0.126. The molecule has 4 N–H and O–H groups in total. The van der Waals surface area contributed by atoms with Crippen LogP contribution in [0.25, 0.3) is 0 Å². The average Bonchev–Trinajstić information content (AvgIpc) is 2.21. The molecule has 0 radical (unpaired) electrons. The molecule has 1 amide bonds. The number of aliphatic hydroxyl groups is 1. The Kier molecular flexibility index (Phi) is 7.34. The zero-order chi connectivity index (χ0) is 11.8. The summed E-state index contributed by atoms with van der Waals surface area (Å²) in [6.45, 7) is 6.45. The Labute approximate surface area is 92.2 Å². The number of rotatable bonds is 7. The predicted molar refractivity (Wildman–Crippen MR) is 61.3 cm³/mol. The van der Waals surface area contributed by atoms with E-state index in [1.54, 1.807) is 0 Å². The van der Waals surface area contributed by atoms with Gasteiger partial charge < -0.3 is 16.2 Å². The van der Waals surface area contributed by atoms with E-state index in [-0.39, 0.29) is 30.4 Å². The molecular formula is C11H24N2O2. The maximum Gasteiger partial charge on any atom is 0.223 e. The van der Waals surface area contributed by atoms with Crippen molar-refractivity contribution in [2.75, 3.05) is 13.2 Å². The summed E-state index contributed by atoms with van der Waals surface area (Å²) in [6.07, 6.45) is 1.67. The highest BCUT2D eigenvalue weighted by Crippen LogP contribution is 2.07. The van der Waals surface area contributed by atoms with E-state index in [4.69, 9.17) is 10.8 Å². The zero-order valence-corrected chi connectivity index (χ0v) is 9.99. The van der Waals surface area contributed by atoms with Gasteiger partial charge in [0, 0.05) is 5.92 Å². The molecule has 0 aromatic carbocycles. The average molecular weight is 216 g/mol. The van der Waals surface area contributed by atoms with Gasteiger partial charge in [0.15, 0.2) is 0 Å². The quantitative estimate of drug-likeness (QED) is 0.580. The van der Waals surface area contributed by atoms with Gasteiger partial charge in [0.1, 0.15) is 0 Å². The molecule has 0 aliphatic rings. The zero-order valence-electron chi connectivity index (χ0n) is 9.99. The van der Waals surface area contributed by atoms with E-state index in [0.717, 1.165) is 12.8 Å². The van der Waals surface area contributed by atoms with Crippen molar-refractivity contribution in [2.24, 2.45) is 17.6 Å². The molecule has 0 fully saturated rings. The Morgan fingerprint density at radius 3 is 2.40 bits per heavy atom. The van der Waals surface area contributed by atoms with Crippen LogP contribution in [0.3, 0.4) is 0 Å². The van der Waals surface area contributed by atoms with Crippen LogP contribution in [0.4, 0.5) is 0 Å². The second-order valence-corrected chi connectivity index (χ2v) is 4.37. The number of carbonyl (C=O) groups is 1. The SMILES string of the molecule is CC(CCCN)C(=O)NC(CO)C(C)C. The summed E-state index contributed by atoms with van der Waals surface area (Å²) in [5, 5.41) is 11.9. The van der Waals surface area contributed by atoms with Gasteiger partial charge >= 0.3 is 0 Å². The predicted octanol–water partition coefficient (Wildman–Crippen LogP) is 0.495. The number of aliphatic hydroxyl groups excluding tert-OH is 1. The van der Waals surface area contributed by atoms with Gasteiger partial charge in [-0.2, -0.15) is 0 Å². The van der Waals surface area contributed by atoms with Gasteiger partial charge in [-0.1, -0.05) is 20.8 Å². The molecule has 0 aromatic rings. The third kappa shape index (κ3) is 5.74. The van der Waals surface area contributed by atoms with Gasteiger partial charge in [0.2, 0.25) is 5.91 Å². The van der Waals surface area contributed by atoms with Crippen molar-refractivity contribution in [1.29, 1.82) is 0 Å². The summed E-state index contributed by atoms with van der Waals surface area (Å²) in [4.78, 5) is 11.7. The molecule has 4 nitrogen and oxygen atoms in total. The molecule has 0 rings (SSSR count). The normalized spacial score (nSPS) is 15.1. The van der Waals surface area contributed by atoms with E-state index in [0.29, 0.717) is 6.54 Å². The van der Waals surface area contributed by atoms with Crippen LogP contribution in [-0.2, 0) is 4.79 Å². The van der Waals surface area contributed by atoms with Gasteiger partial charge in [-0.25, -0.2) is 0 Å². The van der Waals surface area contributed by atoms with Crippen molar-refractivity contribution in [2.45, 2.75) is 39.7 Å². The maximum absolute atomic E-state index is 11.7. The van der Waals surface area contributed by atoms with Crippen molar-refractivity contribution in [3.8, 4) is 0 Å². The topological polar surface area (TPSA) is 75.4 Å². The van der Waals surface area contributed by atoms with Crippen LogP contribution in [-0.4, -0.2) is 30.2 Å². The summed E-state index contributed by atoms with van der Waals surface area (Å²) in [5.74, 6) is 0.234. The lowest BCUT2D eigenvalue weighted by Crippen LogP contribution is -2.43. The third-order valence-electron chi connectivity index (χ3n) is 2.62. The lowest BCUT2D eigenvalue weighted by Gasteiger charge is -2.22. The highest BCUT2D eigenvalue weighted by atomic mass is 16.3. The number of hydrogen-bond acceptors (Lipinski definition) is 3. The molecule has 0 bridgehead atoms. The van der Waals surface area contributed by atoms with E-state index >= 15 is 0 Å². The first-order chi connectivity index (χ1) is 7.02. The number of nitrogens with two attached hydrogens (primary N) is 1.